The van der Waals surface area contributed by atoms with Gasteiger partial charge in [0.2, 0.25) is 0 Å². The van der Waals surface area contributed by atoms with E-state index in [4.69, 9.17) is 4.74 Å². The van der Waals surface area contributed by atoms with Gasteiger partial charge in [0, 0.05) is 12.1 Å². The Morgan fingerprint density at radius 2 is 1.81 bits per heavy atom. The van der Waals surface area contributed by atoms with Crippen LogP contribution in [0.15, 0.2) is 60.0 Å². The second kappa shape index (κ2) is 8.64. The summed E-state index contributed by atoms with van der Waals surface area (Å²) in [6.45, 7) is 4.11. The molecule has 0 aliphatic rings. The number of rotatable bonds is 6. The molecular weight excluding hydrogens is 358 g/mol. The van der Waals surface area contributed by atoms with Crippen molar-refractivity contribution in [1.82, 2.24) is 0 Å². The number of thiophene rings is 1. The van der Waals surface area contributed by atoms with E-state index in [1.165, 1.54) is 22.5 Å². The molecule has 0 aliphatic heterocycles. The molecule has 1 N–H and O–H groups in total. The third kappa shape index (κ3) is 5.28. The lowest BCUT2D eigenvalue weighted by Crippen LogP contribution is -2.11. The average Bonchev–Trinajstić information content (AvgIpc) is 3.17. The predicted molar refractivity (Wildman–Crippen MR) is 109 cm³/mol. The minimum Gasteiger partial charge on any atom is -0.427 e. The molecule has 0 bridgehead atoms. The van der Waals surface area contributed by atoms with Crippen molar-refractivity contribution in [2.45, 2.75) is 26.7 Å². The van der Waals surface area contributed by atoms with E-state index in [-0.39, 0.29) is 11.9 Å². The molecule has 138 valence electrons. The molecule has 3 rings (SSSR count). The minimum atomic E-state index is -0.273. The number of anilines is 1. The smallest absolute Gasteiger partial charge is 0.311 e. The van der Waals surface area contributed by atoms with Gasteiger partial charge >= 0.3 is 5.97 Å². The number of amides is 1. The Morgan fingerprint density at radius 3 is 2.48 bits per heavy atom. The zero-order valence-corrected chi connectivity index (χ0v) is 16.1. The van der Waals surface area contributed by atoms with Gasteiger partial charge in [-0.25, -0.2) is 0 Å². The van der Waals surface area contributed by atoms with Gasteiger partial charge < -0.3 is 10.1 Å². The van der Waals surface area contributed by atoms with Crippen molar-refractivity contribution < 1.29 is 14.3 Å². The summed E-state index contributed by atoms with van der Waals surface area (Å²) in [4.78, 5) is 24.8. The molecule has 1 amide bonds. The van der Waals surface area contributed by atoms with E-state index in [1.807, 2.05) is 11.4 Å². The molecule has 4 nitrogen and oxygen atoms in total. The fourth-order valence-electron chi connectivity index (χ4n) is 2.75. The van der Waals surface area contributed by atoms with E-state index in [1.54, 1.807) is 30.3 Å². The van der Waals surface area contributed by atoms with Gasteiger partial charge in [-0.3, -0.25) is 9.59 Å². The third-order valence-electron chi connectivity index (χ3n) is 4.19. The van der Waals surface area contributed by atoms with Crippen LogP contribution in [0.3, 0.4) is 0 Å². The Morgan fingerprint density at radius 1 is 1.04 bits per heavy atom. The molecule has 27 heavy (non-hydrogen) atoms. The molecule has 1 heterocycles. The molecule has 5 heteroatoms. The molecular formula is C22H21NO3S. The molecule has 0 unspecified atom stereocenters. The van der Waals surface area contributed by atoms with Crippen LogP contribution in [0.25, 0.3) is 0 Å². The highest BCUT2D eigenvalue weighted by Gasteiger charge is 2.09. The van der Waals surface area contributed by atoms with E-state index >= 15 is 0 Å². The minimum absolute atomic E-state index is 0.150. The number of carbonyl (C=O) groups excluding carboxylic acids is 2. The Labute approximate surface area is 162 Å². The number of nitrogens with one attached hydrogen (secondary N) is 1. The van der Waals surface area contributed by atoms with Gasteiger partial charge in [-0.05, 0) is 67.1 Å². The molecule has 3 aromatic rings. The number of carbonyl (C=O) groups is 2. The fourth-order valence-corrected chi connectivity index (χ4v) is 3.37. The Bertz CT molecular complexity index is 931. The maximum absolute atomic E-state index is 12.1. The Balaban J connectivity index is 1.51. The summed E-state index contributed by atoms with van der Waals surface area (Å²) in [6, 6.07) is 16.6. The van der Waals surface area contributed by atoms with Crippen LogP contribution < -0.4 is 10.1 Å². The second-order valence-electron chi connectivity index (χ2n) is 6.36. The first-order valence-electron chi connectivity index (χ1n) is 8.73. The molecule has 1 aromatic heterocycles. The third-order valence-corrected chi connectivity index (χ3v) is 5.05. The van der Waals surface area contributed by atoms with Gasteiger partial charge in [-0.2, -0.15) is 0 Å². The van der Waals surface area contributed by atoms with Crippen LogP contribution in [-0.4, -0.2) is 11.9 Å². The highest BCUT2D eigenvalue weighted by Crippen LogP contribution is 2.19. The van der Waals surface area contributed by atoms with Gasteiger partial charge in [0.25, 0.3) is 5.91 Å². The van der Waals surface area contributed by atoms with Crippen molar-refractivity contribution in [3.63, 3.8) is 0 Å². The Hall–Kier alpha value is -2.92. The van der Waals surface area contributed by atoms with Crippen LogP contribution in [0.4, 0.5) is 5.69 Å². The first kappa shape index (κ1) is 18.9. The van der Waals surface area contributed by atoms with Crippen LogP contribution in [-0.2, 0) is 11.2 Å². The molecule has 0 radical (unpaired) electrons. The first-order valence-corrected chi connectivity index (χ1v) is 9.61. The van der Waals surface area contributed by atoms with Crippen molar-refractivity contribution in [2.24, 2.45) is 0 Å². The number of esters is 1. The lowest BCUT2D eigenvalue weighted by molar-refractivity contribution is -0.134. The SMILES string of the molecule is Cc1ccc(CCC(=O)Oc2ccc(NC(=O)c3cccs3)cc2)c(C)c1. The molecule has 0 atom stereocenters. The summed E-state index contributed by atoms with van der Waals surface area (Å²) in [5.74, 6) is 0.0447. The second-order valence-corrected chi connectivity index (χ2v) is 7.31. The number of hydrogen-bond donors (Lipinski definition) is 1. The zero-order chi connectivity index (χ0) is 19.2. The van der Waals surface area contributed by atoms with Crippen LogP contribution in [0.1, 0.15) is 32.8 Å². The van der Waals surface area contributed by atoms with Gasteiger partial charge in [-0.1, -0.05) is 29.8 Å². The molecule has 0 saturated carbocycles. The predicted octanol–water partition coefficient (Wildman–Crippen LogP) is 5.16. The van der Waals surface area contributed by atoms with Gasteiger partial charge in [0.15, 0.2) is 0 Å². The van der Waals surface area contributed by atoms with Crippen LogP contribution in [0, 0.1) is 13.8 Å². The van der Waals surface area contributed by atoms with Crippen molar-refractivity contribution in [1.29, 1.82) is 0 Å². The van der Waals surface area contributed by atoms with E-state index in [0.717, 1.165) is 5.56 Å². The highest BCUT2D eigenvalue weighted by molar-refractivity contribution is 7.12. The number of benzene rings is 2. The van der Waals surface area contributed by atoms with E-state index in [0.29, 0.717) is 29.2 Å². The summed E-state index contributed by atoms with van der Waals surface area (Å²) in [6.07, 6.45) is 0.973. The normalized spacial score (nSPS) is 10.4. The van der Waals surface area contributed by atoms with Crippen molar-refractivity contribution in [3.05, 3.63) is 81.5 Å². The monoisotopic (exact) mass is 379 g/mol. The van der Waals surface area contributed by atoms with Crippen molar-refractivity contribution in [2.75, 3.05) is 5.32 Å². The van der Waals surface area contributed by atoms with Crippen LogP contribution >= 0.6 is 11.3 Å². The quantitative estimate of drug-likeness (QED) is 0.476. The highest BCUT2D eigenvalue weighted by atomic mass is 32.1. The fraction of sp³-hybridized carbons (Fsp3) is 0.182. The maximum Gasteiger partial charge on any atom is 0.311 e. The lowest BCUT2D eigenvalue weighted by Gasteiger charge is -2.08. The molecule has 2 aromatic carbocycles. The molecule has 0 spiro atoms. The zero-order valence-electron chi connectivity index (χ0n) is 15.3. The van der Waals surface area contributed by atoms with Gasteiger partial charge in [0.1, 0.15) is 5.75 Å². The lowest BCUT2D eigenvalue weighted by atomic mass is 10.0. The largest absolute Gasteiger partial charge is 0.427 e. The summed E-state index contributed by atoms with van der Waals surface area (Å²) in [5, 5.41) is 4.67. The molecule has 0 saturated heterocycles. The van der Waals surface area contributed by atoms with Gasteiger partial charge in [-0.15, -0.1) is 11.3 Å². The summed E-state index contributed by atoms with van der Waals surface area (Å²) >= 11 is 1.39. The number of aryl methyl sites for hydroxylation is 3. The van der Waals surface area contributed by atoms with E-state index in [2.05, 4.69) is 37.4 Å². The Kier molecular flexibility index (Phi) is 6.04. The molecule has 0 fully saturated rings. The van der Waals surface area contributed by atoms with Crippen molar-refractivity contribution >= 4 is 28.9 Å². The van der Waals surface area contributed by atoms with E-state index in [9.17, 15) is 9.59 Å². The van der Waals surface area contributed by atoms with Crippen molar-refractivity contribution in [3.8, 4) is 5.75 Å². The number of hydrogen-bond acceptors (Lipinski definition) is 4. The number of ether oxygens (including phenoxy) is 1. The maximum atomic E-state index is 12.1. The van der Waals surface area contributed by atoms with Crippen LogP contribution in [0.2, 0.25) is 0 Å². The van der Waals surface area contributed by atoms with Gasteiger partial charge in [0.05, 0.1) is 4.88 Å². The summed E-state index contributed by atoms with van der Waals surface area (Å²) in [5.41, 5.74) is 4.21. The standard InChI is InChI=1S/C22H21NO3S/c1-15-5-6-17(16(2)14-15)7-12-21(24)26-19-10-8-18(9-11-19)23-22(25)20-4-3-13-27-20/h3-6,8-11,13-14H,7,12H2,1-2H3,(H,23,25). The summed E-state index contributed by atoms with van der Waals surface area (Å²) in [7, 11) is 0. The topological polar surface area (TPSA) is 55.4 Å². The average molecular weight is 379 g/mol. The molecule has 0 aliphatic carbocycles. The summed E-state index contributed by atoms with van der Waals surface area (Å²) < 4.78 is 5.38. The first-order chi connectivity index (χ1) is 13.0. The van der Waals surface area contributed by atoms with Crippen LogP contribution in [0.5, 0.6) is 5.75 Å². The van der Waals surface area contributed by atoms with E-state index < -0.39 is 0 Å².